The van der Waals surface area contributed by atoms with Gasteiger partial charge in [-0.3, -0.25) is 0 Å². The Bertz CT molecular complexity index is 582. The zero-order valence-corrected chi connectivity index (χ0v) is 10.1. The molecule has 0 aliphatic carbocycles. The van der Waals surface area contributed by atoms with E-state index in [1.54, 1.807) is 36.4 Å². The first-order valence-corrected chi connectivity index (χ1v) is 5.68. The second kappa shape index (κ2) is 6.20. The van der Waals surface area contributed by atoms with Gasteiger partial charge in [0.15, 0.2) is 0 Å². The Labute approximate surface area is 110 Å². The first-order chi connectivity index (χ1) is 9.24. The molecule has 0 saturated carbocycles. The molecule has 0 unspecified atom stereocenters. The number of para-hydroxylation sites is 1. The molecule has 0 aliphatic rings. The van der Waals surface area contributed by atoms with Crippen molar-refractivity contribution in [3.05, 3.63) is 60.2 Å². The normalized spacial score (nSPS) is 10.3. The molecule has 2 rings (SSSR count). The number of rotatable bonds is 3. The average Bonchev–Trinajstić information content (AvgIpc) is 2.40. The molecular formula is C14H13N3O2. The lowest BCUT2D eigenvalue weighted by molar-refractivity contribution is 0.252. The largest absolute Gasteiger partial charge is 0.508 e. The van der Waals surface area contributed by atoms with E-state index in [0.717, 1.165) is 0 Å². The maximum atomic E-state index is 11.5. The van der Waals surface area contributed by atoms with Crippen molar-refractivity contribution in [1.29, 1.82) is 0 Å². The molecule has 0 heterocycles. The summed E-state index contributed by atoms with van der Waals surface area (Å²) in [5.74, 6) is 0.151. The van der Waals surface area contributed by atoms with E-state index in [1.807, 2.05) is 18.2 Å². The van der Waals surface area contributed by atoms with Crippen LogP contribution < -0.4 is 10.7 Å². The molecule has 19 heavy (non-hydrogen) atoms. The predicted molar refractivity (Wildman–Crippen MR) is 74.3 cm³/mol. The second-order valence-corrected chi connectivity index (χ2v) is 3.79. The second-order valence-electron chi connectivity index (χ2n) is 3.79. The molecule has 0 fully saturated rings. The van der Waals surface area contributed by atoms with Gasteiger partial charge in [0, 0.05) is 5.69 Å². The molecule has 0 atom stereocenters. The lowest BCUT2D eigenvalue weighted by Gasteiger charge is -2.03. The Morgan fingerprint density at radius 1 is 1.11 bits per heavy atom. The highest BCUT2D eigenvalue weighted by Crippen LogP contribution is 2.08. The number of benzene rings is 2. The van der Waals surface area contributed by atoms with Crippen molar-refractivity contribution in [2.24, 2.45) is 5.10 Å². The number of hydrogen-bond donors (Lipinski definition) is 3. The zero-order valence-electron chi connectivity index (χ0n) is 10.1. The molecule has 2 amide bonds. The van der Waals surface area contributed by atoms with Crippen molar-refractivity contribution in [3.63, 3.8) is 0 Å². The number of carbonyl (C=O) groups excluding carboxylic acids is 1. The van der Waals surface area contributed by atoms with Crippen LogP contribution in [0.1, 0.15) is 5.56 Å². The SMILES string of the molecule is O=C(NN=Cc1cccc(O)c1)Nc1ccccc1. The summed E-state index contributed by atoms with van der Waals surface area (Å²) in [6.07, 6.45) is 1.45. The molecule has 2 aromatic rings. The first-order valence-electron chi connectivity index (χ1n) is 5.68. The summed E-state index contributed by atoms with van der Waals surface area (Å²) in [7, 11) is 0. The maximum absolute atomic E-state index is 11.5. The van der Waals surface area contributed by atoms with Crippen LogP contribution in [0.4, 0.5) is 10.5 Å². The molecule has 0 radical (unpaired) electrons. The number of nitrogens with one attached hydrogen (secondary N) is 2. The highest BCUT2D eigenvalue weighted by Gasteiger charge is 1.98. The van der Waals surface area contributed by atoms with Crippen molar-refractivity contribution >= 4 is 17.9 Å². The molecule has 5 heteroatoms. The minimum absolute atomic E-state index is 0.151. The van der Waals surface area contributed by atoms with E-state index in [1.165, 1.54) is 6.21 Å². The third-order valence-electron chi connectivity index (χ3n) is 2.28. The van der Waals surface area contributed by atoms with E-state index in [9.17, 15) is 9.90 Å². The van der Waals surface area contributed by atoms with Crippen LogP contribution in [0.25, 0.3) is 0 Å². The molecule has 3 N–H and O–H groups in total. The number of hydrazone groups is 1. The van der Waals surface area contributed by atoms with Gasteiger partial charge in [0.1, 0.15) is 5.75 Å². The number of phenols is 1. The summed E-state index contributed by atoms with van der Waals surface area (Å²) >= 11 is 0. The monoisotopic (exact) mass is 255 g/mol. The van der Waals surface area contributed by atoms with Gasteiger partial charge in [-0.15, -0.1) is 0 Å². The Hall–Kier alpha value is -2.82. The minimum Gasteiger partial charge on any atom is -0.508 e. The van der Waals surface area contributed by atoms with E-state index < -0.39 is 6.03 Å². The molecular weight excluding hydrogens is 242 g/mol. The number of phenolic OH excluding ortho intramolecular Hbond substituents is 1. The highest BCUT2D eigenvalue weighted by molar-refractivity contribution is 5.90. The van der Waals surface area contributed by atoms with Crippen molar-refractivity contribution in [1.82, 2.24) is 5.43 Å². The van der Waals surface area contributed by atoms with Gasteiger partial charge in [-0.2, -0.15) is 5.10 Å². The van der Waals surface area contributed by atoms with Crippen molar-refractivity contribution < 1.29 is 9.90 Å². The van der Waals surface area contributed by atoms with E-state index in [4.69, 9.17) is 0 Å². The van der Waals surface area contributed by atoms with E-state index in [-0.39, 0.29) is 5.75 Å². The lowest BCUT2D eigenvalue weighted by atomic mass is 10.2. The molecule has 0 aliphatic heterocycles. The van der Waals surface area contributed by atoms with Crippen LogP contribution in [-0.4, -0.2) is 17.4 Å². The van der Waals surface area contributed by atoms with Crippen LogP contribution in [0.2, 0.25) is 0 Å². The lowest BCUT2D eigenvalue weighted by Crippen LogP contribution is -2.24. The first kappa shape index (κ1) is 12.6. The molecule has 0 spiro atoms. The summed E-state index contributed by atoms with van der Waals surface area (Å²) in [6.45, 7) is 0. The van der Waals surface area contributed by atoms with Gasteiger partial charge in [0.25, 0.3) is 0 Å². The fraction of sp³-hybridized carbons (Fsp3) is 0. The Morgan fingerprint density at radius 3 is 2.63 bits per heavy atom. The number of hydrogen-bond acceptors (Lipinski definition) is 3. The Balaban J connectivity index is 1.87. The number of carbonyl (C=O) groups is 1. The molecule has 0 aromatic heterocycles. The van der Waals surface area contributed by atoms with Crippen molar-refractivity contribution in [2.75, 3.05) is 5.32 Å². The van der Waals surface area contributed by atoms with E-state index in [2.05, 4.69) is 15.8 Å². The van der Waals surface area contributed by atoms with Crippen LogP contribution in [0.5, 0.6) is 5.75 Å². The van der Waals surface area contributed by atoms with Crippen molar-refractivity contribution in [2.45, 2.75) is 0 Å². The molecule has 2 aromatic carbocycles. The molecule has 0 saturated heterocycles. The van der Waals surface area contributed by atoms with Crippen molar-refractivity contribution in [3.8, 4) is 5.75 Å². The Kier molecular flexibility index (Phi) is 4.12. The van der Waals surface area contributed by atoms with Gasteiger partial charge in [0.05, 0.1) is 6.21 Å². The molecule has 0 bridgehead atoms. The standard InChI is InChI=1S/C14H13N3O2/c18-13-8-4-5-11(9-13)10-15-17-14(19)16-12-6-2-1-3-7-12/h1-10,18H,(H2,16,17,19). The number of amides is 2. The predicted octanol–water partition coefficient (Wildman–Crippen LogP) is 2.55. The van der Waals surface area contributed by atoms with Gasteiger partial charge in [-0.1, -0.05) is 30.3 Å². The van der Waals surface area contributed by atoms with Gasteiger partial charge < -0.3 is 10.4 Å². The summed E-state index contributed by atoms with van der Waals surface area (Å²) in [4.78, 5) is 11.5. The van der Waals surface area contributed by atoms with Gasteiger partial charge in [0.2, 0.25) is 0 Å². The highest BCUT2D eigenvalue weighted by atomic mass is 16.3. The smallest absolute Gasteiger partial charge is 0.339 e. The van der Waals surface area contributed by atoms with Gasteiger partial charge in [-0.25, -0.2) is 10.2 Å². The fourth-order valence-corrected chi connectivity index (χ4v) is 1.45. The maximum Gasteiger partial charge on any atom is 0.339 e. The Morgan fingerprint density at radius 2 is 1.89 bits per heavy atom. The molecule has 5 nitrogen and oxygen atoms in total. The molecule has 96 valence electrons. The van der Waals surface area contributed by atoms with Crippen LogP contribution >= 0.6 is 0 Å². The number of anilines is 1. The van der Waals surface area contributed by atoms with Crippen LogP contribution in [-0.2, 0) is 0 Å². The summed E-state index contributed by atoms with van der Waals surface area (Å²) in [5, 5.41) is 15.7. The van der Waals surface area contributed by atoms with Crippen LogP contribution in [0.3, 0.4) is 0 Å². The summed E-state index contributed by atoms with van der Waals surface area (Å²) in [5.41, 5.74) is 3.72. The number of urea groups is 1. The third kappa shape index (κ3) is 4.16. The fourth-order valence-electron chi connectivity index (χ4n) is 1.45. The number of nitrogens with zero attached hydrogens (tertiary/aromatic N) is 1. The van der Waals surface area contributed by atoms with Crippen LogP contribution in [0.15, 0.2) is 59.7 Å². The van der Waals surface area contributed by atoms with E-state index >= 15 is 0 Å². The summed E-state index contributed by atoms with van der Waals surface area (Å²) in [6, 6.07) is 15.2. The zero-order chi connectivity index (χ0) is 13.5. The third-order valence-corrected chi connectivity index (χ3v) is 2.28. The minimum atomic E-state index is -0.428. The quantitative estimate of drug-likeness (QED) is 0.582. The topological polar surface area (TPSA) is 73.7 Å². The van der Waals surface area contributed by atoms with E-state index in [0.29, 0.717) is 11.3 Å². The van der Waals surface area contributed by atoms with Crippen LogP contribution in [0, 0.1) is 0 Å². The number of aromatic hydroxyl groups is 1. The van der Waals surface area contributed by atoms with Gasteiger partial charge >= 0.3 is 6.03 Å². The average molecular weight is 255 g/mol. The summed E-state index contributed by atoms with van der Waals surface area (Å²) < 4.78 is 0. The van der Waals surface area contributed by atoms with Gasteiger partial charge in [-0.05, 0) is 29.8 Å².